The third kappa shape index (κ3) is 3.84. The van der Waals surface area contributed by atoms with Crippen LogP contribution in [0.15, 0.2) is 61.2 Å². The molecule has 27 heavy (non-hydrogen) atoms. The number of carbonyl (C=O) groups is 2. The van der Waals surface area contributed by atoms with Crippen LogP contribution in [0.2, 0.25) is 0 Å². The molecule has 0 atom stereocenters. The molecule has 0 bridgehead atoms. The number of ether oxygens (including phenoxy) is 2. The number of rotatable bonds is 4. The lowest BCUT2D eigenvalue weighted by atomic mass is 10.3. The fourth-order valence-corrected chi connectivity index (χ4v) is 2.47. The van der Waals surface area contributed by atoms with Crippen LogP contribution in [0.1, 0.15) is 6.42 Å². The van der Waals surface area contributed by atoms with Crippen molar-refractivity contribution >= 4 is 34.0 Å². The zero-order chi connectivity index (χ0) is 18.6. The molecule has 0 aliphatic rings. The largest absolute Gasteiger partial charge is 0.426 e. The van der Waals surface area contributed by atoms with Crippen LogP contribution in [0.3, 0.4) is 0 Å². The molecule has 0 saturated heterocycles. The Hall–Kier alpha value is -3.94. The lowest BCUT2D eigenvalue weighted by Gasteiger charge is -2.06. The van der Waals surface area contributed by atoms with Crippen LogP contribution in [-0.2, 0) is 9.59 Å². The number of benzene rings is 2. The van der Waals surface area contributed by atoms with Crippen molar-refractivity contribution in [2.75, 3.05) is 0 Å². The highest BCUT2D eigenvalue weighted by Gasteiger charge is 2.15. The Balaban J connectivity index is 1.39. The minimum absolute atomic E-state index is 0.279. The summed E-state index contributed by atoms with van der Waals surface area (Å²) in [5.74, 6) is -0.906. The number of carbonyl (C=O) groups excluding carboxylic acids is 2. The highest BCUT2D eigenvalue weighted by Crippen LogP contribution is 2.19. The molecule has 0 saturated carbocycles. The van der Waals surface area contributed by atoms with E-state index in [1.54, 1.807) is 61.2 Å². The van der Waals surface area contributed by atoms with Crippen molar-refractivity contribution in [3.05, 3.63) is 61.2 Å². The molecular weight excluding hydrogens is 348 g/mol. The fourth-order valence-electron chi connectivity index (χ4n) is 2.47. The first-order valence-electron chi connectivity index (χ1n) is 8.00. The molecule has 0 amide bonds. The van der Waals surface area contributed by atoms with Gasteiger partial charge in [-0.3, -0.25) is 29.5 Å². The van der Waals surface area contributed by atoms with Gasteiger partial charge in [0.2, 0.25) is 0 Å². The maximum atomic E-state index is 12.0. The van der Waals surface area contributed by atoms with Crippen molar-refractivity contribution in [1.29, 1.82) is 0 Å². The van der Waals surface area contributed by atoms with Crippen LogP contribution in [-0.4, -0.2) is 31.9 Å². The van der Waals surface area contributed by atoms with Crippen molar-refractivity contribution in [2.24, 2.45) is 0 Å². The molecule has 8 nitrogen and oxygen atoms in total. The number of fused-ring (bicyclic) bond motifs is 2. The fraction of sp³-hybridized carbons (Fsp3) is 0.0526. The van der Waals surface area contributed by atoms with Gasteiger partial charge in [-0.2, -0.15) is 0 Å². The minimum Gasteiger partial charge on any atom is -0.426 e. The molecule has 0 fully saturated rings. The van der Waals surface area contributed by atoms with Crippen molar-refractivity contribution in [2.45, 2.75) is 6.42 Å². The molecule has 0 aliphatic heterocycles. The van der Waals surface area contributed by atoms with Gasteiger partial charge >= 0.3 is 11.9 Å². The van der Waals surface area contributed by atoms with Crippen LogP contribution in [0, 0.1) is 0 Å². The van der Waals surface area contributed by atoms with Crippen LogP contribution >= 0.6 is 0 Å². The van der Waals surface area contributed by atoms with Gasteiger partial charge in [-0.25, -0.2) is 0 Å². The Bertz CT molecular complexity index is 1070. The molecule has 4 aromatic rings. The van der Waals surface area contributed by atoms with Crippen LogP contribution in [0.25, 0.3) is 22.1 Å². The third-order valence-corrected chi connectivity index (χ3v) is 3.63. The van der Waals surface area contributed by atoms with Gasteiger partial charge in [-0.1, -0.05) is 0 Å². The van der Waals surface area contributed by atoms with E-state index in [1.807, 2.05) is 0 Å². The van der Waals surface area contributed by atoms with Crippen molar-refractivity contribution in [3.8, 4) is 11.5 Å². The van der Waals surface area contributed by atoms with Gasteiger partial charge < -0.3 is 9.47 Å². The second-order valence-electron chi connectivity index (χ2n) is 5.54. The lowest BCUT2D eigenvalue weighted by molar-refractivity contribution is -0.144. The van der Waals surface area contributed by atoms with Gasteiger partial charge in [0.05, 0.1) is 22.1 Å². The molecule has 0 radical (unpaired) electrons. The van der Waals surface area contributed by atoms with E-state index in [0.29, 0.717) is 22.1 Å². The predicted molar refractivity (Wildman–Crippen MR) is 95.0 cm³/mol. The SMILES string of the molecule is O=C(CC(=O)Oc1ccc2nccnc2c1)Oc1ccc2nccnc2c1. The zero-order valence-corrected chi connectivity index (χ0v) is 13.9. The maximum Gasteiger partial charge on any atom is 0.322 e. The van der Waals surface area contributed by atoms with Gasteiger partial charge in [0.15, 0.2) is 0 Å². The van der Waals surface area contributed by atoms with Crippen LogP contribution in [0.5, 0.6) is 11.5 Å². The highest BCUT2D eigenvalue weighted by molar-refractivity contribution is 5.93. The topological polar surface area (TPSA) is 104 Å². The Morgan fingerprint density at radius 3 is 1.48 bits per heavy atom. The lowest BCUT2D eigenvalue weighted by Crippen LogP contribution is -2.18. The predicted octanol–water partition coefficient (Wildman–Crippen LogP) is 2.47. The maximum absolute atomic E-state index is 12.0. The molecule has 0 unspecified atom stereocenters. The molecular formula is C19H12N4O4. The van der Waals surface area contributed by atoms with E-state index in [2.05, 4.69) is 19.9 Å². The molecule has 2 heterocycles. The first-order valence-corrected chi connectivity index (χ1v) is 8.00. The van der Waals surface area contributed by atoms with E-state index < -0.39 is 18.4 Å². The van der Waals surface area contributed by atoms with Gasteiger partial charge in [-0.05, 0) is 24.3 Å². The normalized spacial score (nSPS) is 10.7. The Kier molecular flexibility index (Phi) is 4.36. The number of aromatic nitrogens is 4. The standard InChI is InChI=1S/C19H12N4O4/c24-18(26-12-1-3-14-16(9-12)22-7-5-20-14)11-19(25)27-13-2-4-15-17(10-13)23-8-6-21-15/h1-10H,11H2. The minimum atomic E-state index is -0.733. The number of nitrogens with zero attached hydrogens (tertiary/aromatic N) is 4. The van der Waals surface area contributed by atoms with Crippen molar-refractivity contribution in [3.63, 3.8) is 0 Å². The summed E-state index contributed by atoms with van der Waals surface area (Å²) in [7, 11) is 0. The van der Waals surface area contributed by atoms with Gasteiger partial charge in [0.25, 0.3) is 0 Å². The van der Waals surface area contributed by atoms with E-state index in [1.165, 1.54) is 0 Å². The summed E-state index contributed by atoms with van der Waals surface area (Å²) in [6.07, 6.45) is 5.69. The van der Waals surface area contributed by atoms with Gasteiger partial charge in [0.1, 0.15) is 17.9 Å². The summed E-state index contributed by atoms with van der Waals surface area (Å²) >= 11 is 0. The molecule has 8 heteroatoms. The highest BCUT2D eigenvalue weighted by atomic mass is 16.6. The third-order valence-electron chi connectivity index (χ3n) is 3.63. The first-order chi connectivity index (χ1) is 13.2. The summed E-state index contributed by atoms with van der Waals surface area (Å²) in [5, 5.41) is 0. The van der Waals surface area contributed by atoms with Crippen LogP contribution in [0.4, 0.5) is 0 Å². The second-order valence-corrected chi connectivity index (χ2v) is 5.54. The Morgan fingerprint density at radius 1 is 0.630 bits per heavy atom. The number of esters is 2. The monoisotopic (exact) mass is 360 g/mol. The van der Waals surface area contributed by atoms with E-state index in [9.17, 15) is 9.59 Å². The van der Waals surface area contributed by atoms with Gasteiger partial charge in [-0.15, -0.1) is 0 Å². The van der Waals surface area contributed by atoms with E-state index in [0.717, 1.165) is 0 Å². The average molecular weight is 360 g/mol. The van der Waals surface area contributed by atoms with Gasteiger partial charge in [0, 0.05) is 36.9 Å². The summed E-state index contributed by atoms with van der Waals surface area (Å²) in [6, 6.07) is 9.68. The van der Waals surface area contributed by atoms with E-state index in [4.69, 9.17) is 9.47 Å². The summed E-state index contributed by atoms with van der Waals surface area (Å²) in [6.45, 7) is 0. The quantitative estimate of drug-likeness (QED) is 0.310. The summed E-state index contributed by atoms with van der Waals surface area (Å²) < 4.78 is 10.3. The average Bonchev–Trinajstić information content (AvgIpc) is 2.67. The zero-order valence-electron chi connectivity index (χ0n) is 13.9. The number of hydrogen-bond donors (Lipinski definition) is 0. The Labute approximate surface area is 152 Å². The molecule has 132 valence electrons. The van der Waals surface area contributed by atoms with Crippen molar-refractivity contribution < 1.29 is 19.1 Å². The van der Waals surface area contributed by atoms with Crippen molar-refractivity contribution in [1.82, 2.24) is 19.9 Å². The second kappa shape index (κ2) is 7.12. The Morgan fingerprint density at radius 2 is 1.04 bits per heavy atom. The molecule has 0 spiro atoms. The molecule has 0 aliphatic carbocycles. The summed E-state index contributed by atoms with van der Waals surface area (Å²) in [5.41, 5.74) is 2.53. The molecule has 4 rings (SSSR count). The molecule has 2 aromatic heterocycles. The van der Waals surface area contributed by atoms with E-state index in [-0.39, 0.29) is 11.5 Å². The molecule has 0 N–H and O–H groups in total. The van der Waals surface area contributed by atoms with E-state index >= 15 is 0 Å². The van der Waals surface area contributed by atoms with Crippen LogP contribution < -0.4 is 9.47 Å². The molecule has 2 aromatic carbocycles. The summed E-state index contributed by atoms with van der Waals surface area (Å²) in [4.78, 5) is 40.5. The smallest absolute Gasteiger partial charge is 0.322 e. The first kappa shape index (κ1) is 16.5. The number of hydrogen-bond acceptors (Lipinski definition) is 8.